The number of hydrogen-bond acceptors (Lipinski definition) is 7. The van der Waals surface area contributed by atoms with E-state index in [0.29, 0.717) is 31.4 Å². The monoisotopic (exact) mass is 364 g/mol. The van der Waals surface area contributed by atoms with Crippen LogP contribution in [0.2, 0.25) is 0 Å². The fourth-order valence-electron chi connectivity index (χ4n) is 5.30. The zero-order valence-electron chi connectivity index (χ0n) is 15.0. The first kappa shape index (κ1) is 16.9. The molecule has 142 valence electrons. The molecule has 7 nitrogen and oxygen atoms in total. The second-order valence-corrected chi connectivity index (χ2v) is 8.91. The number of aliphatic hydroxyl groups excluding tert-OH is 1. The number of fused-ring (bicyclic) bond motifs is 7. The second-order valence-electron chi connectivity index (χ2n) is 8.91. The molecule has 0 aromatic heterocycles. The Bertz CT molecular complexity index is 717. The molecule has 0 aliphatic carbocycles. The SMILES string of the molecule is C[C@@]12CC(=O)[C@H](C[C@@]34C[C@H](CC=C5C(=O)O[C@H](C1)[C@H]5O)[C@](C)(CO3)O4)O2. The van der Waals surface area contributed by atoms with E-state index in [-0.39, 0.29) is 24.5 Å². The van der Waals surface area contributed by atoms with Crippen LogP contribution in [0.25, 0.3) is 0 Å². The average molecular weight is 364 g/mol. The molecule has 1 N–H and O–H groups in total. The third-order valence-corrected chi connectivity index (χ3v) is 6.71. The number of ketones is 1. The first-order valence-corrected chi connectivity index (χ1v) is 9.35. The summed E-state index contributed by atoms with van der Waals surface area (Å²) in [5.74, 6) is -1.12. The Hall–Kier alpha value is -1.28. The minimum atomic E-state index is -0.990. The Morgan fingerprint density at radius 1 is 1.19 bits per heavy atom. The zero-order valence-corrected chi connectivity index (χ0v) is 15.0. The van der Waals surface area contributed by atoms with E-state index in [9.17, 15) is 14.7 Å². The van der Waals surface area contributed by atoms with Crippen molar-refractivity contribution in [1.29, 1.82) is 0 Å². The smallest absolute Gasteiger partial charge is 0.336 e. The van der Waals surface area contributed by atoms with E-state index in [1.165, 1.54) is 0 Å². The van der Waals surface area contributed by atoms with E-state index in [1.54, 1.807) is 6.08 Å². The molecule has 1 spiro atoms. The molecular formula is C19H24O7. The third kappa shape index (κ3) is 2.34. The maximum absolute atomic E-state index is 12.6. The number of rotatable bonds is 0. The average Bonchev–Trinajstić information content (AvgIpc) is 3.19. The highest BCUT2D eigenvalue weighted by Crippen LogP contribution is 2.54. The van der Waals surface area contributed by atoms with Crippen LogP contribution in [0.1, 0.15) is 46.0 Å². The predicted molar refractivity (Wildman–Crippen MR) is 87.0 cm³/mol. The molecule has 5 heterocycles. The summed E-state index contributed by atoms with van der Waals surface area (Å²) < 4.78 is 23.7. The molecule has 7 bridgehead atoms. The number of esters is 1. The molecule has 0 unspecified atom stereocenters. The van der Waals surface area contributed by atoms with E-state index < -0.39 is 41.3 Å². The van der Waals surface area contributed by atoms with Crippen molar-refractivity contribution in [2.24, 2.45) is 5.92 Å². The molecule has 0 amide bonds. The van der Waals surface area contributed by atoms with Crippen molar-refractivity contribution in [2.75, 3.05) is 6.61 Å². The molecule has 0 radical (unpaired) electrons. The van der Waals surface area contributed by atoms with Crippen LogP contribution < -0.4 is 0 Å². The first-order chi connectivity index (χ1) is 12.2. The summed E-state index contributed by atoms with van der Waals surface area (Å²) in [6.45, 7) is 4.29. The van der Waals surface area contributed by atoms with Gasteiger partial charge in [-0.3, -0.25) is 4.79 Å². The molecule has 5 rings (SSSR count). The molecule has 0 aromatic rings. The largest absolute Gasteiger partial charge is 0.456 e. The highest BCUT2D eigenvalue weighted by Gasteiger charge is 2.62. The highest BCUT2D eigenvalue weighted by molar-refractivity contribution is 5.92. The lowest BCUT2D eigenvalue weighted by Gasteiger charge is -2.31. The molecule has 7 heteroatoms. The van der Waals surface area contributed by atoms with Crippen LogP contribution in [0, 0.1) is 5.92 Å². The molecule has 7 atom stereocenters. The zero-order chi connectivity index (χ0) is 18.3. The Kier molecular flexibility index (Phi) is 3.35. The van der Waals surface area contributed by atoms with Crippen LogP contribution in [0.3, 0.4) is 0 Å². The van der Waals surface area contributed by atoms with Crippen molar-refractivity contribution in [3.8, 4) is 0 Å². The number of Topliss-reactive ketones (excluding diaryl/α,β-unsaturated/α-hetero) is 1. The van der Waals surface area contributed by atoms with Gasteiger partial charge in [-0.15, -0.1) is 0 Å². The summed E-state index contributed by atoms with van der Waals surface area (Å²) >= 11 is 0. The molecule has 4 fully saturated rings. The van der Waals surface area contributed by atoms with Gasteiger partial charge in [-0.05, 0) is 26.2 Å². The minimum absolute atomic E-state index is 0.0118. The topological polar surface area (TPSA) is 91.3 Å². The molecular weight excluding hydrogens is 340 g/mol. The van der Waals surface area contributed by atoms with E-state index in [0.717, 1.165) is 0 Å². The lowest BCUT2D eigenvalue weighted by atomic mass is 9.81. The standard InChI is InChI=1S/C19H24O7/c1-17-6-12(20)13(25-17)8-19-5-10(18(2,26-19)9-23-19)3-4-11-15(21)14(7-17)24-16(11)22/h4,10,13-15,21H,3,5-9H2,1-2H3/t10-,13-,14+,15-,17+,18-,19-/m0/s1. The van der Waals surface area contributed by atoms with Gasteiger partial charge in [0.2, 0.25) is 0 Å². The fourth-order valence-corrected chi connectivity index (χ4v) is 5.30. The van der Waals surface area contributed by atoms with Crippen LogP contribution in [-0.2, 0) is 28.5 Å². The summed E-state index contributed by atoms with van der Waals surface area (Å²) in [5, 5.41) is 10.6. The number of allylic oxidation sites excluding steroid dienone is 1. The maximum atomic E-state index is 12.6. The van der Waals surface area contributed by atoms with Crippen LogP contribution in [0.5, 0.6) is 0 Å². The lowest BCUT2D eigenvalue weighted by Crippen LogP contribution is -2.39. The van der Waals surface area contributed by atoms with Crippen LogP contribution in [0.4, 0.5) is 0 Å². The van der Waals surface area contributed by atoms with Gasteiger partial charge in [0.05, 0.1) is 23.4 Å². The van der Waals surface area contributed by atoms with Gasteiger partial charge in [0, 0.05) is 25.7 Å². The third-order valence-electron chi connectivity index (χ3n) is 6.71. The quantitative estimate of drug-likeness (QED) is 0.642. The first-order valence-electron chi connectivity index (χ1n) is 9.35. The summed E-state index contributed by atoms with van der Waals surface area (Å²) in [7, 11) is 0. The second kappa shape index (κ2) is 5.16. The lowest BCUT2D eigenvalue weighted by molar-refractivity contribution is -0.184. The van der Waals surface area contributed by atoms with E-state index in [4.69, 9.17) is 18.9 Å². The predicted octanol–water partition coefficient (Wildman–Crippen LogP) is 1.02. The van der Waals surface area contributed by atoms with Gasteiger partial charge in [0.1, 0.15) is 18.3 Å². The van der Waals surface area contributed by atoms with Gasteiger partial charge in [-0.2, -0.15) is 0 Å². The van der Waals surface area contributed by atoms with Crippen LogP contribution in [-0.4, -0.2) is 58.8 Å². The summed E-state index contributed by atoms with van der Waals surface area (Å²) in [6.07, 6.45) is 1.68. The van der Waals surface area contributed by atoms with Gasteiger partial charge in [0.25, 0.3) is 0 Å². The summed E-state index contributed by atoms with van der Waals surface area (Å²) in [4.78, 5) is 24.8. The molecule has 26 heavy (non-hydrogen) atoms. The molecule has 0 saturated carbocycles. The Labute approximate surface area is 151 Å². The van der Waals surface area contributed by atoms with Crippen molar-refractivity contribution in [1.82, 2.24) is 0 Å². The molecule has 4 saturated heterocycles. The van der Waals surface area contributed by atoms with Gasteiger partial charge < -0.3 is 24.1 Å². The van der Waals surface area contributed by atoms with Crippen molar-refractivity contribution in [2.45, 2.75) is 81.3 Å². The van der Waals surface area contributed by atoms with Gasteiger partial charge in [0.15, 0.2) is 11.6 Å². The van der Waals surface area contributed by atoms with E-state index >= 15 is 0 Å². The Morgan fingerprint density at radius 3 is 2.81 bits per heavy atom. The Morgan fingerprint density at radius 2 is 2.00 bits per heavy atom. The van der Waals surface area contributed by atoms with Crippen molar-refractivity contribution >= 4 is 11.8 Å². The number of carbonyl (C=O) groups is 2. The fraction of sp³-hybridized carbons (Fsp3) is 0.789. The van der Waals surface area contributed by atoms with Crippen molar-refractivity contribution in [3.05, 3.63) is 11.6 Å². The van der Waals surface area contributed by atoms with Crippen molar-refractivity contribution in [3.63, 3.8) is 0 Å². The van der Waals surface area contributed by atoms with Gasteiger partial charge >= 0.3 is 5.97 Å². The normalized spacial score (nSPS) is 53.0. The van der Waals surface area contributed by atoms with Gasteiger partial charge in [-0.25, -0.2) is 4.79 Å². The number of ether oxygens (including phenoxy) is 4. The maximum Gasteiger partial charge on any atom is 0.336 e. The number of hydrogen-bond donors (Lipinski definition) is 1. The summed E-state index contributed by atoms with van der Waals surface area (Å²) in [6, 6.07) is 0. The van der Waals surface area contributed by atoms with E-state index in [2.05, 4.69) is 0 Å². The minimum Gasteiger partial charge on any atom is -0.456 e. The summed E-state index contributed by atoms with van der Waals surface area (Å²) in [5.41, 5.74) is -0.924. The highest BCUT2D eigenvalue weighted by atomic mass is 16.8. The van der Waals surface area contributed by atoms with Crippen molar-refractivity contribution < 1.29 is 33.6 Å². The van der Waals surface area contributed by atoms with Gasteiger partial charge in [-0.1, -0.05) is 6.08 Å². The molecule has 0 aromatic carbocycles. The number of carbonyl (C=O) groups excluding carboxylic acids is 2. The number of aliphatic hydroxyl groups is 1. The van der Waals surface area contributed by atoms with Crippen LogP contribution >= 0.6 is 0 Å². The van der Waals surface area contributed by atoms with Crippen LogP contribution in [0.15, 0.2) is 11.6 Å². The van der Waals surface area contributed by atoms with E-state index in [1.807, 2.05) is 13.8 Å². The Balaban J connectivity index is 1.54. The molecule has 5 aliphatic heterocycles. The molecule has 5 aliphatic rings.